The van der Waals surface area contributed by atoms with Gasteiger partial charge in [0, 0.05) is 20.9 Å². The Bertz CT molecular complexity index is 1390. The molecule has 1 aromatic heterocycles. The van der Waals surface area contributed by atoms with Gasteiger partial charge in [0.1, 0.15) is 23.3 Å². The predicted octanol–water partition coefficient (Wildman–Crippen LogP) is 6.88. The highest BCUT2D eigenvalue weighted by molar-refractivity contribution is 7.99. The molecule has 1 amide bonds. The Morgan fingerprint density at radius 3 is 2.50 bits per heavy atom. The first-order valence-corrected chi connectivity index (χ1v) is 11.9. The number of anilines is 1. The van der Waals surface area contributed by atoms with E-state index in [1.807, 2.05) is 42.5 Å². The van der Waals surface area contributed by atoms with Crippen molar-refractivity contribution in [3.63, 3.8) is 0 Å². The van der Waals surface area contributed by atoms with Crippen LogP contribution < -0.4 is 5.32 Å². The lowest BCUT2D eigenvalue weighted by Gasteiger charge is -2.15. The van der Waals surface area contributed by atoms with E-state index in [0.29, 0.717) is 22.7 Å². The number of aryl methyl sites for hydroxylation is 1. The summed E-state index contributed by atoms with van der Waals surface area (Å²) in [6, 6.07) is 20.8. The summed E-state index contributed by atoms with van der Waals surface area (Å²) in [5, 5.41) is 15.8. The molecule has 184 valence electrons. The van der Waals surface area contributed by atoms with Gasteiger partial charge in [-0.2, -0.15) is 0 Å². The predicted molar refractivity (Wildman–Crippen MR) is 133 cm³/mol. The number of aliphatic carboxylic acids is 1. The quantitative estimate of drug-likeness (QED) is 0.269. The fourth-order valence-electron chi connectivity index (χ4n) is 3.59. The molecule has 1 heterocycles. The van der Waals surface area contributed by atoms with Crippen molar-refractivity contribution in [3.05, 3.63) is 95.4 Å². The fraction of sp³-hybridized carbons (Fsp3) is 0.148. The monoisotopic (exact) mass is 506 g/mol. The molecule has 2 N–H and O–H groups in total. The van der Waals surface area contributed by atoms with Gasteiger partial charge >= 0.3 is 12.1 Å². The number of amides is 1. The number of halogens is 1. The summed E-state index contributed by atoms with van der Waals surface area (Å²) in [4.78, 5) is 25.4. The van der Waals surface area contributed by atoms with E-state index in [0.717, 1.165) is 15.4 Å². The maximum atomic E-state index is 14.0. The van der Waals surface area contributed by atoms with Gasteiger partial charge in [-0.25, -0.2) is 9.18 Å². The molecule has 0 aliphatic heterocycles. The van der Waals surface area contributed by atoms with Gasteiger partial charge in [0.25, 0.3) is 0 Å². The second-order valence-electron chi connectivity index (χ2n) is 7.97. The number of rotatable bonds is 8. The number of ether oxygens (including phenoxy) is 1. The van der Waals surface area contributed by atoms with Crippen LogP contribution in [0.4, 0.5) is 14.9 Å². The molecule has 4 aromatic rings. The second-order valence-corrected chi connectivity index (χ2v) is 9.09. The number of carbonyl (C=O) groups is 2. The molecule has 0 bridgehead atoms. The molecule has 0 saturated heterocycles. The SMILES string of the molecule is Cc1noc(-c2ccc(Sc3ccccc3CC(=O)O)cc2)c1NC(=O)O[C@H](C)c1ccccc1F. The van der Waals surface area contributed by atoms with E-state index in [9.17, 15) is 14.0 Å². The highest BCUT2D eigenvalue weighted by atomic mass is 32.2. The van der Waals surface area contributed by atoms with Crippen LogP contribution in [0.5, 0.6) is 0 Å². The van der Waals surface area contributed by atoms with Crippen molar-refractivity contribution in [2.45, 2.75) is 36.2 Å². The van der Waals surface area contributed by atoms with E-state index in [1.54, 1.807) is 38.1 Å². The number of carbonyl (C=O) groups excluding carboxylic acids is 1. The number of benzene rings is 3. The zero-order valence-electron chi connectivity index (χ0n) is 19.5. The van der Waals surface area contributed by atoms with E-state index in [1.165, 1.54) is 17.8 Å². The third-order valence-corrected chi connectivity index (χ3v) is 6.50. The minimum atomic E-state index is -0.888. The van der Waals surface area contributed by atoms with Gasteiger partial charge < -0.3 is 14.4 Å². The van der Waals surface area contributed by atoms with E-state index in [2.05, 4.69) is 10.5 Å². The van der Waals surface area contributed by atoms with Gasteiger partial charge in [-0.15, -0.1) is 0 Å². The third kappa shape index (κ3) is 5.92. The van der Waals surface area contributed by atoms with E-state index < -0.39 is 24.0 Å². The van der Waals surface area contributed by atoms with E-state index in [4.69, 9.17) is 14.4 Å². The topological polar surface area (TPSA) is 102 Å². The molecule has 0 saturated carbocycles. The molecule has 0 spiro atoms. The molecular formula is C27H23FN2O5S. The molecular weight excluding hydrogens is 483 g/mol. The second kappa shape index (κ2) is 11.1. The maximum Gasteiger partial charge on any atom is 0.412 e. The average Bonchev–Trinajstić information content (AvgIpc) is 3.20. The zero-order valence-corrected chi connectivity index (χ0v) is 20.3. The Labute approximate surface area is 211 Å². The summed E-state index contributed by atoms with van der Waals surface area (Å²) in [6.45, 7) is 3.27. The van der Waals surface area contributed by atoms with Crippen LogP contribution in [-0.4, -0.2) is 22.3 Å². The number of aromatic nitrogens is 1. The molecule has 0 radical (unpaired) electrons. The van der Waals surface area contributed by atoms with Gasteiger partial charge in [-0.05, 0) is 55.8 Å². The normalized spacial score (nSPS) is 11.6. The highest BCUT2D eigenvalue weighted by Gasteiger charge is 2.21. The Morgan fingerprint density at radius 1 is 1.08 bits per heavy atom. The highest BCUT2D eigenvalue weighted by Crippen LogP contribution is 2.35. The molecule has 1 atom stereocenters. The number of nitrogens with zero attached hydrogens (tertiary/aromatic N) is 1. The third-order valence-electron chi connectivity index (χ3n) is 5.38. The van der Waals surface area contributed by atoms with E-state index in [-0.39, 0.29) is 12.0 Å². The van der Waals surface area contributed by atoms with Crippen molar-refractivity contribution < 1.29 is 28.3 Å². The maximum absolute atomic E-state index is 14.0. The van der Waals surface area contributed by atoms with Gasteiger partial charge in [-0.3, -0.25) is 10.1 Å². The smallest absolute Gasteiger partial charge is 0.412 e. The lowest BCUT2D eigenvalue weighted by atomic mass is 10.1. The average molecular weight is 507 g/mol. The number of carboxylic acid groups (broad SMARTS) is 1. The summed E-state index contributed by atoms with van der Waals surface area (Å²) < 4.78 is 24.8. The number of nitrogens with one attached hydrogen (secondary N) is 1. The molecule has 0 unspecified atom stereocenters. The van der Waals surface area contributed by atoms with Crippen LogP contribution in [-0.2, 0) is 16.0 Å². The minimum Gasteiger partial charge on any atom is -0.481 e. The Kier molecular flexibility index (Phi) is 7.70. The van der Waals surface area contributed by atoms with Crippen LogP contribution in [0.3, 0.4) is 0 Å². The van der Waals surface area contributed by atoms with Crippen LogP contribution in [0, 0.1) is 12.7 Å². The fourth-order valence-corrected chi connectivity index (χ4v) is 4.53. The van der Waals surface area contributed by atoms with Crippen molar-refractivity contribution >= 4 is 29.5 Å². The van der Waals surface area contributed by atoms with Gasteiger partial charge in [0.15, 0.2) is 5.76 Å². The molecule has 4 rings (SSSR count). The molecule has 3 aromatic carbocycles. The van der Waals surface area contributed by atoms with Crippen molar-refractivity contribution in [2.24, 2.45) is 0 Å². The number of hydrogen-bond donors (Lipinski definition) is 2. The summed E-state index contributed by atoms with van der Waals surface area (Å²) in [6.07, 6.45) is -1.62. The first-order valence-electron chi connectivity index (χ1n) is 11.1. The Balaban J connectivity index is 1.48. The largest absolute Gasteiger partial charge is 0.481 e. The lowest BCUT2D eigenvalue weighted by molar-refractivity contribution is -0.136. The van der Waals surface area contributed by atoms with Crippen molar-refractivity contribution in [1.82, 2.24) is 5.16 Å². The van der Waals surface area contributed by atoms with Crippen LogP contribution >= 0.6 is 11.8 Å². The van der Waals surface area contributed by atoms with Gasteiger partial charge in [0.05, 0.1) is 6.42 Å². The number of hydrogen-bond acceptors (Lipinski definition) is 6. The first-order chi connectivity index (χ1) is 17.3. The van der Waals surface area contributed by atoms with Crippen LogP contribution in [0.25, 0.3) is 11.3 Å². The standard InChI is InChI=1S/C27H23FN2O5S/c1-16-25(29-27(33)34-17(2)21-8-4-5-9-22(21)28)26(35-30-16)18-11-13-20(14-12-18)36-23-10-6-3-7-19(23)15-24(31)32/h3-14,17H,15H2,1-2H3,(H,29,33)(H,31,32)/t17-/m1/s1. The van der Waals surface area contributed by atoms with Crippen LogP contribution in [0.1, 0.15) is 29.8 Å². The molecule has 0 aliphatic rings. The summed E-state index contributed by atoms with van der Waals surface area (Å²) >= 11 is 1.46. The number of carboxylic acids is 1. The summed E-state index contributed by atoms with van der Waals surface area (Å²) in [5.74, 6) is -0.991. The lowest BCUT2D eigenvalue weighted by Crippen LogP contribution is -2.17. The molecule has 36 heavy (non-hydrogen) atoms. The molecule has 0 aliphatic carbocycles. The van der Waals surface area contributed by atoms with E-state index >= 15 is 0 Å². The zero-order chi connectivity index (χ0) is 25.7. The minimum absolute atomic E-state index is 0.0563. The molecule has 7 nitrogen and oxygen atoms in total. The van der Waals surface area contributed by atoms with Crippen molar-refractivity contribution in [3.8, 4) is 11.3 Å². The Morgan fingerprint density at radius 2 is 1.78 bits per heavy atom. The first kappa shape index (κ1) is 25.0. The van der Waals surface area contributed by atoms with Crippen molar-refractivity contribution in [2.75, 3.05) is 5.32 Å². The van der Waals surface area contributed by atoms with Crippen molar-refractivity contribution in [1.29, 1.82) is 0 Å². The van der Waals surface area contributed by atoms with Gasteiger partial charge in [-0.1, -0.05) is 53.3 Å². The molecule has 9 heteroatoms. The van der Waals surface area contributed by atoms with Gasteiger partial charge in [0.2, 0.25) is 0 Å². The summed E-state index contributed by atoms with van der Waals surface area (Å²) in [7, 11) is 0. The van der Waals surface area contributed by atoms with Crippen LogP contribution in [0.2, 0.25) is 0 Å². The molecule has 0 fully saturated rings. The van der Waals surface area contributed by atoms with Crippen LogP contribution in [0.15, 0.2) is 87.1 Å². The summed E-state index contributed by atoms with van der Waals surface area (Å²) in [5.41, 5.74) is 2.50. The Hall–Kier alpha value is -4.11.